The van der Waals surface area contributed by atoms with Crippen LogP contribution in [0.1, 0.15) is 5.56 Å². The number of aryl methyl sites for hydroxylation is 1. The van der Waals surface area contributed by atoms with Crippen LogP contribution >= 0.6 is 11.8 Å². The highest BCUT2D eigenvalue weighted by Crippen LogP contribution is 2.15. The maximum absolute atomic E-state index is 12.0. The Morgan fingerprint density at radius 1 is 1.29 bits per heavy atom. The molecule has 0 saturated carbocycles. The lowest BCUT2D eigenvalue weighted by Gasteiger charge is -2.26. The fourth-order valence-corrected chi connectivity index (χ4v) is 3.13. The van der Waals surface area contributed by atoms with E-state index in [0.717, 1.165) is 43.7 Å². The summed E-state index contributed by atoms with van der Waals surface area (Å²) in [6.45, 7) is 4.46. The highest BCUT2D eigenvalue weighted by Gasteiger charge is 2.11. The largest absolute Gasteiger partial charge is 0.379 e. The lowest BCUT2D eigenvalue weighted by molar-refractivity contribution is -0.113. The fraction of sp³-hybridized carbons (Fsp3) is 0.438. The van der Waals surface area contributed by atoms with Crippen molar-refractivity contribution in [2.24, 2.45) is 7.05 Å². The Morgan fingerprint density at radius 2 is 2.04 bits per heavy atom. The molecule has 0 radical (unpaired) electrons. The van der Waals surface area contributed by atoms with Crippen LogP contribution in [0.5, 0.6) is 0 Å². The number of carbonyl (C=O) groups is 1. The van der Waals surface area contributed by atoms with Crippen molar-refractivity contribution in [1.82, 2.24) is 19.7 Å². The number of carbonyl (C=O) groups excluding carboxylic acids is 1. The number of hydrogen-bond acceptors (Lipinski definition) is 6. The van der Waals surface area contributed by atoms with E-state index in [2.05, 4.69) is 32.5 Å². The minimum Gasteiger partial charge on any atom is -0.379 e. The van der Waals surface area contributed by atoms with E-state index >= 15 is 0 Å². The van der Waals surface area contributed by atoms with Gasteiger partial charge in [0.1, 0.15) is 6.33 Å². The van der Waals surface area contributed by atoms with Gasteiger partial charge in [-0.05, 0) is 17.7 Å². The SMILES string of the molecule is Cn1cnnc1SCC(=O)Nc1ccc(CN2CCOCC2)cc1. The molecule has 128 valence electrons. The number of amides is 1. The molecule has 0 spiro atoms. The molecule has 1 aliphatic heterocycles. The van der Waals surface area contributed by atoms with Gasteiger partial charge < -0.3 is 14.6 Å². The van der Waals surface area contributed by atoms with Crippen LogP contribution in [0.25, 0.3) is 0 Å². The zero-order chi connectivity index (χ0) is 16.8. The number of thioether (sulfide) groups is 1. The van der Waals surface area contributed by atoms with Crippen LogP contribution in [-0.4, -0.2) is 57.6 Å². The molecule has 0 aliphatic carbocycles. The smallest absolute Gasteiger partial charge is 0.234 e. The summed E-state index contributed by atoms with van der Waals surface area (Å²) in [5.41, 5.74) is 2.05. The molecule has 8 heteroatoms. The van der Waals surface area contributed by atoms with Crippen molar-refractivity contribution in [2.45, 2.75) is 11.7 Å². The van der Waals surface area contributed by atoms with E-state index in [-0.39, 0.29) is 5.91 Å². The van der Waals surface area contributed by atoms with E-state index in [1.54, 1.807) is 10.9 Å². The van der Waals surface area contributed by atoms with E-state index in [9.17, 15) is 4.79 Å². The van der Waals surface area contributed by atoms with Gasteiger partial charge in [-0.3, -0.25) is 9.69 Å². The van der Waals surface area contributed by atoms with Gasteiger partial charge in [-0.2, -0.15) is 0 Å². The molecule has 1 saturated heterocycles. The van der Waals surface area contributed by atoms with E-state index in [1.807, 2.05) is 19.2 Å². The normalized spacial score (nSPS) is 15.4. The first-order valence-electron chi connectivity index (χ1n) is 7.86. The molecule has 0 atom stereocenters. The Hall–Kier alpha value is -1.90. The van der Waals surface area contributed by atoms with Crippen LogP contribution in [0.2, 0.25) is 0 Å². The number of anilines is 1. The van der Waals surface area contributed by atoms with Crippen molar-refractivity contribution >= 4 is 23.4 Å². The molecule has 2 heterocycles. The number of nitrogens with one attached hydrogen (secondary N) is 1. The van der Waals surface area contributed by atoms with Crippen molar-refractivity contribution < 1.29 is 9.53 Å². The molecule has 1 aliphatic rings. The van der Waals surface area contributed by atoms with E-state index in [1.165, 1.54) is 17.3 Å². The maximum Gasteiger partial charge on any atom is 0.234 e. The quantitative estimate of drug-likeness (QED) is 0.796. The molecule has 1 fully saturated rings. The van der Waals surface area contributed by atoms with Crippen molar-refractivity contribution in [3.8, 4) is 0 Å². The number of benzene rings is 1. The van der Waals surface area contributed by atoms with E-state index in [4.69, 9.17) is 4.74 Å². The molecule has 1 aromatic heterocycles. The van der Waals surface area contributed by atoms with Gasteiger partial charge in [-0.1, -0.05) is 23.9 Å². The van der Waals surface area contributed by atoms with Crippen molar-refractivity contribution in [3.63, 3.8) is 0 Å². The Kier molecular flexibility index (Phi) is 5.84. The predicted molar refractivity (Wildman–Crippen MR) is 92.9 cm³/mol. The van der Waals surface area contributed by atoms with Gasteiger partial charge in [0.15, 0.2) is 5.16 Å². The fourth-order valence-electron chi connectivity index (χ4n) is 2.44. The highest BCUT2D eigenvalue weighted by atomic mass is 32.2. The van der Waals surface area contributed by atoms with Gasteiger partial charge in [0, 0.05) is 32.4 Å². The molecule has 1 amide bonds. The molecule has 3 rings (SSSR count). The van der Waals surface area contributed by atoms with Crippen LogP contribution in [0.4, 0.5) is 5.69 Å². The summed E-state index contributed by atoms with van der Waals surface area (Å²) in [6, 6.07) is 8.00. The van der Waals surface area contributed by atoms with Crippen LogP contribution in [-0.2, 0) is 23.1 Å². The summed E-state index contributed by atoms with van der Waals surface area (Å²) in [5, 5.41) is 11.4. The number of rotatable bonds is 6. The lowest BCUT2D eigenvalue weighted by atomic mass is 10.2. The molecule has 24 heavy (non-hydrogen) atoms. The molecular formula is C16H21N5O2S. The van der Waals surface area contributed by atoms with Crippen LogP contribution in [0.3, 0.4) is 0 Å². The van der Waals surface area contributed by atoms with Gasteiger partial charge >= 0.3 is 0 Å². The lowest BCUT2D eigenvalue weighted by Crippen LogP contribution is -2.35. The maximum atomic E-state index is 12.0. The molecule has 1 aromatic carbocycles. The standard InChI is InChI=1S/C16H21N5O2S/c1-20-12-17-19-16(20)24-11-15(22)18-14-4-2-13(3-5-14)10-21-6-8-23-9-7-21/h2-5,12H,6-11H2,1H3,(H,18,22). The Balaban J connectivity index is 1.46. The minimum absolute atomic E-state index is 0.0519. The van der Waals surface area contributed by atoms with Crippen LogP contribution in [0, 0.1) is 0 Å². The number of morpholine rings is 1. The zero-order valence-corrected chi connectivity index (χ0v) is 14.5. The Labute approximate surface area is 145 Å². The third kappa shape index (κ3) is 4.80. The Morgan fingerprint density at radius 3 is 2.71 bits per heavy atom. The summed E-state index contributed by atoms with van der Waals surface area (Å²) < 4.78 is 7.15. The Bertz CT molecular complexity index is 667. The summed E-state index contributed by atoms with van der Waals surface area (Å²) in [4.78, 5) is 14.4. The monoisotopic (exact) mass is 347 g/mol. The third-order valence-electron chi connectivity index (χ3n) is 3.75. The topological polar surface area (TPSA) is 72.3 Å². The summed E-state index contributed by atoms with van der Waals surface area (Å²) in [6.07, 6.45) is 1.62. The predicted octanol–water partition coefficient (Wildman–Crippen LogP) is 1.38. The third-order valence-corrected chi connectivity index (χ3v) is 4.78. The average molecular weight is 347 g/mol. The second-order valence-corrected chi connectivity index (χ2v) is 6.59. The molecule has 7 nitrogen and oxygen atoms in total. The van der Waals surface area contributed by atoms with Gasteiger partial charge in [0.05, 0.1) is 19.0 Å². The average Bonchev–Trinajstić information content (AvgIpc) is 3.01. The second kappa shape index (κ2) is 8.27. The van der Waals surface area contributed by atoms with Crippen LogP contribution in [0.15, 0.2) is 35.7 Å². The number of aromatic nitrogens is 3. The highest BCUT2D eigenvalue weighted by molar-refractivity contribution is 7.99. The molecule has 2 aromatic rings. The second-order valence-electron chi connectivity index (χ2n) is 5.65. The molecule has 0 unspecified atom stereocenters. The number of hydrogen-bond donors (Lipinski definition) is 1. The van der Waals surface area contributed by atoms with Crippen LogP contribution < -0.4 is 5.32 Å². The van der Waals surface area contributed by atoms with Gasteiger partial charge in [-0.15, -0.1) is 10.2 Å². The van der Waals surface area contributed by atoms with Gasteiger partial charge in [-0.25, -0.2) is 0 Å². The first kappa shape index (κ1) is 16.9. The first-order chi connectivity index (χ1) is 11.7. The van der Waals surface area contributed by atoms with E-state index < -0.39 is 0 Å². The minimum atomic E-state index is -0.0519. The zero-order valence-electron chi connectivity index (χ0n) is 13.6. The number of ether oxygens (including phenoxy) is 1. The first-order valence-corrected chi connectivity index (χ1v) is 8.85. The van der Waals surface area contributed by atoms with Crippen molar-refractivity contribution in [3.05, 3.63) is 36.2 Å². The summed E-state index contributed by atoms with van der Waals surface area (Å²) in [5.74, 6) is 0.256. The summed E-state index contributed by atoms with van der Waals surface area (Å²) >= 11 is 1.37. The number of nitrogens with zero attached hydrogens (tertiary/aromatic N) is 4. The summed E-state index contributed by atoms with van der Waals surface area (Å²) in [7, 11) is 1.85. The van der Waals surface area contributed by atoms with E-state index in [0.29, 0.717) is 5.75 Å². The van der Waals surface area contributed by atoms with Crippen molar-refractivity contribution in [1.29, 1.82) is 0 Å². The van der Waals surface area contributed by atoms with Gasteiger partial charge in [0.25, 0.3) is 0 Å². The molecule has 1 N–H and O–H groups in total. The van der Waals surface area contributed by atoms with Gasteiger partial charge in [0.2, 0.25) is 5.91 Å². The molecular weight excluding hydrogens is 326 g/mol. The molecule has 0 bridgehead atoms. The van der Waals surface area contributed by atoms with Crippen molar-refractivity contribution in [2.75, 3.05) is 37.4 Å².